The zero-order chi connectivity index (χ0) is 17.7. The second-order valence-corrected chi connectivity index (χ2v) is 12.1. The van der Waals surface area contributed by atoms with E-state index in [4.69, 9.17) is 0 Å². The van der Waals surface area contributed by atoms with Crippen molar-refractivity contribution >= 4 is 20.0 Å². The fourth-order valence-corrected chi connectivity index (χ4v) is 2.51. The van der Waals surface area contributed by atoms with Gasteiger partial charge in [-0.15, -0.1) is 11.5 Å². The third-order valence-corrected chi connectivity index (χ3v) is 8.77. The average Bonchev–Trinajstić information content (AvgIpc) is 2.45. The summed E-state index contributed by atoms with van der Waals surface area (Å²) < 4.78 is 0. The molecule has 0 saturated carbocycles. The van der Waals surface area contributed by atoms with E-state index in [0.717, 1.165) is 0 Å². The Labute approximate surface area is 139 Å². The molecule has 0 bridgehead atoms. The Morgan fingerprint density at radius 3 is 2.26 bits per heavy atom. The van der Waals surface area contributed by atoms with Gasteiger partial charge in [-0.05, 0) is 17.2 Å². The Kier molecular flexibility index (Phi) is 6.17. The molecule has 0 aliphatic rings. The van der Waals surface area contributed by atoms with Crippen LogP contribution < -0.4 is 5.32 Å². The molecule has 1 rings (SSSR count). The van der Waals surface area contributed by atoms with Crippen LogP contribution in [-0.4, -0.2) is 31.1 Å². The summed E-state index contributed by atoms with van der Waals surface area (Å²) in [6.07, 6.45) is 0.112. The highest BCUT2D eigenvalue weighted by molar-refractivity contribution is 6.87. The van der Waals surface area contributed by atoms with Gasteiger partial charge in [0.05, 0.1) is 0 Å². The number of aliphatic carboxylic acids is 1. The number of amides is 1. The molecule has 5 heteroatoms. The Bertz CT molecular complexity index is 621. The monoisotopic (exact) mass is 331 g/mol. The van der Waals surface area contributed by atoms with Crippen molar-refractivity contribution in [1.82, 2.24) is 5.32 Å². The van der Waals surface area contributed by atoms with E-state index in [1.54, 1.807) is 30.3 Å². The van der Waals surface area contributed by atoms with Gasteiger partial charge in [0, 0.05) is 12.0 Å². The number of nitrogens with one attached hydrogen (secondary N) is 1. The Hall–Kier alpha value is -2.06. The van der Waals surface area contributed by atoms with E-state index in [0.29, 0.717) is 5.56 Å². The molecule has 0 saturated heterocycles. The zero-order valence-corrected chi connectivity index (χ0v) is 15.4. The maximum atomic E-state index is 12.1. The number of benzene rings is 1. The molecule has 124 valence electrons. The van der Waals surface area contributed by atoms with Crippen LogP contribution >= 0.6 is 0 Å². The molecule has 0 aliphatic heterocycles. The van der Waals surface area contributed by atoms with Gasteiger partial charge in [0.15, 0.2) is 0 Å². The van der Waals surface area contributed by atoms with Crippen molar-refractivity contribution in [1.29, 1.82) is 0 Å². The summed E-state index contributed by atoms with van der Waals surface area (Å²) >= 11 is 0. The van der Waals surface area contributed by atoms with E-state index in [-0.39, 0.29) is 11.5 Å². The van der Waals surface area contributed by atoms with E-state index in [2.05, 4.69) is 50.6 Å². The summed E-state index contributed by atoms with van der Waals surface area (Å²) in [4.78, 5) is 23.4. The average molecular weight is 331 g/mol. The Morgan fingerprint density at radius 2 is 1.78 bits per heavy atom. The number of carbonyl (C=O) groups is 2. The maximum absolute atomic E-state index is 12.1. The summed E-state index contributed by atoms with van der Waals surface area (Å²) in [7, 11) is -1.78. The molecule has 0 heterocycles. The normalized spacial score (nSPS) is 12.7. The van der Waals surface area contributed by atoms with Gasteiger partial charge in [-0.3, -0.25) is 4.79 Å². The first-order valence-corrected chi connectivity index (χ1v) is 10.6. The first-order chi connectivity index (χ1) is 10.5. The van der Waals surface area contributed by atoms with Gasteiger partial charge in [0.2, 0.25) is 0 Å². The van der Waals surface area contributed by atoms with Crippen LogP contribution in [0.2, 0.25) is 18.1 Å². The number of hydrogen-bond acceptors (Lipinski definition) is 2. The highest BCUT2D eigenvalue weighted by Gasteiger charge is 2.33. The molecule has 0 aliphatic carbocycles. The van der Waals surface area contributed by atoms with Crippen LogP contribution in [-0.2, 0) is 4.79 Å². The van der Waals surface area contributed by atoms with E-state index >= 15 is 0 Å². The molecule has 0 fully saturated rings. The molecule has 0 spiro atoms. The van der Waals surface area contributed by atoms with Crippen molar-refractivity contribution in [2.24, 2.45) is 0 Å². The molecule has 1 aromatic rings. The van der Waals surface area contributed by atoms with Crippen LogP contribution in [0.4, 0.5) is 0 Å². The highest BCUT2D eigenvalue weighted by Crippen LogP contribution is 2.35. The predicted molar refractivity (Wildman–Crippen MR) is 94.9 cm³/mol. The molecule has 23 heavy (non-hydrogen) atoms. The van der Waals surface area contributed by atoms with Crippen LogP contribution in [0.3, 0.4) is 0 Å². The van der Waals surface area contributed by atoms with Crippen molar-refractivity contribution in [3.05, 3.63) is 35.9 Å². The lowest BCUT2D eigenvalue weighted by atomic mass is 10.1. The third kappa shape index (κ3) is 5.57. The first-order valence-electron chi connectivity index (χ1n) is 7.63. The molecular weight excluding hydrogens is 306 g/mol. The molecule has 2 N–H and O–H groups in total. The molecule has 1 aromatic carbocycles. The molecule has 0 radical (unpaired) electrons. The number of carboxylic acids is 1. The van der Waals surface area contributed by atoms with Crippen molar-refractivity contribution in [2.75, 3.05) is 0 Å². The lowest BCUT2D eigenvalue weighted by Gasteiger charge is -2.31. The molecular formula is C18H25NO3Si. The van der Waals surface area contributed by atoms with Gasteiger partial charge in [-0.2, -0.15) is 0 Å². The van der Waals surface area contributed by atoms with Gasteiger partial charge in [0.25, 0.3) is 5.91 Å². The van der Waals surface area contributed by atoms with Gasteiger partial charge in [0.1, 0.15) is 14.1 Å². The van der Waals surface area contributed by atoms with Crippen molar-refractivity contribution in [3.8, 4) is 11.5 Å². The number of carbonyl (C=O) groups excluding carboxylic acids is 1. The zero-order valence-electron chi connectivity index (χ0n) is 14.4. The standard InChI is InChI=1S/C18H25NO3Si/c1-18(2,3)23(4,5)13-9-12-15(17(21)22)19-16(20)14-10-7-6-8-11-14/h6-8,10-11,15H,12H2,1-5H3,(H,19,20)(H,21,22)/t15-/m0/s1. The van der Waals surface area contributed by atoms with E-state index in [9.17, 15) is 14.7 Å². The molecule has 0 aromatic heterocycles. The molecule has 1 atom stereocenters. The van der Waals surface area contributed by atoms with Crippen LogP contribution in [0.25, 0.3) is 0 Å². The Balaban J connectivity index is 2.79. The fourth-order valence-electron chi connectivity index (χ4n) is 1.59. The van der Waals surface area contributed by atoms with Gasteiger partial charge in [-0.1, -0.05) is 52.1 Å². The summed E-state index contributed by atoms with van der Waals surface area (Å²) in [5.41, 5.74) is 3.71. The summed E-state index contributed by atoms with van der Waals surface area (Å²) in [6, 6.07) is 7.57. The van der Waals surface area contributed by atoms with Crippen LogP contribution in [0.15, 0.2) is 30.3 Å². The SMILES string of the molecule is CC(C)(C)[Si](C)(C)C#CC[C@H](NC(=O)c1ccccc1)C(=O)O. The van der Waals surface area contributed by atoms with Gasteiger partial charge < -0.3 is 10.4 Å². The molecule has 0 unspecified atom stereocenters. The van der Waals surface area contributed by atoms with Gasteiger partial charge >= 0.3 is 5.97 Å². The number of rotatable bonds is 4. The second-order valence-electron chi connectivity index (χ2n) is 7.11. The predicted octanol–water partition coefficient (Wildman–Crippen LogP) is 3.31. The highest BCUT2D eigenvalue weighted by atomic mass is 28.3. The summed E-state index contributed by atoms with van der Waals surface area (Å²) in [6.45, 7) is 10.8. The maximum Gasteiger partial charge on any atom is 0.327 e. The van der Waals surface area contributed by atoms with Crippen LogP contribution in [0.1, 0.15) is 37.6 Å². The first kappa shape index (κ1) is 19.0. The minimum atomic E-state index is -1.78. The minimum Gasteiger partial charge on any atom is -0.480 e. The fraction of sp³-hybridized carbons (Fsp3) is 0.444. The number of carboxylic acid groups (broad SMARTS) is 1. The van der Waals surface area contributed by atoms with E-state index < -0.39 is 26.0 Å². The van der Waals surface area contributed by atoms with Crippen LogP contribution in [0.5, 0.6) is 0 Å². The largest absolute Gasteiger partial charge is 0.480 e. The van der Waals surface area contributed by atoms with Gasteiger partial charge in [-0.25, -0.2) is 4.79 Å². The topological polar surface area (TPSA) is 66.4 Å². The van der Waals surface area contributed by atoms with Crippen molar-refractivity contribution in [2.45, 2.75) is 51.4 Å². The Morgan fingerprint density at radius 1 is 1.22 bits per heavy atom. The van der Waals surface area contributed by atoms with Crippen molar-refractivity contribution in [3.63, 3.8) is 0 Å². The summed E-state index contributed by atoms with van der Waals surface area (Å²) in [5, 5.41) is 11.9. The molecule has 1 amide bonds. The lowest BCUT2D eigenvalue weighted by molar-refractivity contribution is -0.139. The smallest absolute Gasteiger partial charge is 0.327 e. The third-order valence-electron chi connectivity index (χ3n) is 4.22. The van der Waals surface area contributed by atoms with Crippen LogP contribution in [0, 0.1) is 11.5 Å². The summed E-state index contributed by atoms with van der Waals surface area (Å²) in [5.74, 6) is 1.52. The molecule has 4 nitrogen and oxygen atoms in total. The minimum absolute atomic E-state index is 0.112. The second kappa shape index (κ2) is 7.47. The quantitative estimate of drug-likeness (QED) is 0.657. The lowest BCUT2D eigenvalue weighted by Crippen LogP contribution is -2.41. The van der Waals surface area contributed by atoms with Crippen molar-refractivity contribution < 1.29 is 14.7 Å². The van der Waals surface area contributed by atoms with E-state index in [1.165, 1.54) is 0 Å². The number of hydrogen-bond donors (Lipinski definition) is 2. The van der Waals surface area contributed by atoms with E-state index in [1.807, 2.05) is 0 Å².